The van der Waals surface area contributed by atoms with Crippen molar-refractivity contribution in [2.45, 2.75) is 13.0 Å². The van der Waals surface area contributed by atoms with Crippen LogP contribution in [0.3, 0.4) is 0 Å². The Labute approximate surface area is 212 Å². The zero-order valence-corrected chi connectivity index (χ0v) is 21.1. The van der Waals surface area contributed by atoms with Crippen LogP contribution in [0.15, 0.2) is 30.3 Å². The number of carbonyl (C=O) groups excluding carboxylic acids is 2. The molecule has 4 rings (SSSR count). The molecule has 0 radical (unpaired) electrons. The minimum absolute atomic E-state index is 0. The maximum Gasteiger partial charge on any atom is 0.361 e. The number of fused-ring (bicyclic) bond motifs is 2. The lowest BCUT2D eigenvalue weighted by atomic mass is 9.89. The van der Waals surface area contributed by atoms with E-state index in [1.165, 1.54) is 32.4 Å². The van der Waals surface area contributed by atoms with E-state index >= 15 is 0 Å². The summed E-state index contributed by atoms with van der Waals surface area (Å²) in [6.07, 6.45) is 3.55. The highest BCUT2D eigenvalue weighted by atomic mass is 79.9. The molecule has 0 saturated heterocycles. The number of nitro groups is 1. The van der Waals surface area contributed by atoms with Crippen LogP contribution in [0, 0.1) is 10.1 Å². The first kappa shape index (κ1) is 26.2. The molecule has 2 aromatic carbocycles. The third-order valence-corrected chi connectivity index (χ3v) is 6.15. The average molecular weight is 549 g/mol. The van der Waals surface area contributed by atoms with Crippen LogP contribution in [-0.4, -0.2) is 62.3 Å². The molecule has 35 heavy (non-hydrogen) atoms. The summed E-state index contributed by atoms with van der Waals surface area (Å²) >= 11 is 0. The van der Waals surface area contributed by atoms with Crippen LogP contribution in [-0.2, 0) is 22.5 Å². The lowest BCUT2D eigenvalue weighted by Gasteiger charge is -2.38. The van der Waals surface area contributed by atoms with E-state index in [-0.39, 0.29) is 47.8 Å². The monoisotopic (exact) mass is 548 g/mol. The van der Waals surface area contributed by atoms with Gasteiger partial charge in [-0.3, -0.25) is 14.9 Å². The van der Waals surface area contributed by atoms with Crippen molar-refractivity contribution < 1.29 is 54.9 Å². The number of rotatable bonds is 7. The predicted molar refractivity (Wildman–Crippen MR) is 121 cm³/mol. The smallest absolute Gasteiger partial charge is 0.361 e. The van der Waals surface area contributed by atoms with Crippen LogP contribution in [0.25, 0.3) is 6.08 Å². The Morgan fingerprint density at radius 2 is 1.83 bits per heavy atom. The molecule has 0 saturated carbocycles. The van der Waals surface area contributed by atoms with Gasteiger partial charge in [0, 0.05) is 18.6 Å². The first-order chi connectivity index (χ1) is 16.3. The van der Waals surface area contributed by atoms with Crippen LogP contribution >= 0.6 is 0 Å². The lowest BCUT2D eigenvalue weighted by molar-refractivity contribution is -0.917. The molecule has 1 atom stereocenters. The van der Waals surface area contributed by atoms with Crippen LogP contribution in [0.2, 0.25) is 0 Å². The Balaban J connectivity index is 0.00000342. The summed E-state index contributed by atoms with van der Waals surface area (Å²) in [7, 11) is 4.85. The number of benzene rings is 2. The van der Waals surface area contributed by atoms with Crippen molar-refractivity contribution in [3.8, 4) is 17.2 Å². The number of likely N-dealkylation sites (N-methyl/N-ethyl adjacent to an activating group) is 1. The molecule has 0 fully saturated rings. The molecule has 2 aromatic rings. The number of nitro benzene ring substituents is 1. The van der Waals surface area contributed by atoms with Crippen molar-refractivity contribution in [1.82, 2.24) is 0 Å². The number of ketones is 1. The maximum atomic E-state index is 13.4. The molecule has 11 heteroatoms. The molecule has 0 bridgehead atoms. The summed E-state index contributed by atoms with van der Waals surface area (Å²) in [4.78, 5) is 35.7. The molecule has 0 spiro atoms. The topological polar surface area (TPSA) is 114 Å². The Hall–Kier alpha value is -3.44. The van der Waals surface area contributed by atoms with Gasteiger partial charge in [-0.1, -0.05) is 6.08 Å². The van der Waals surface area contributed by atoms with Crippen LogP contribution in [0.4, 0.5) is 5.69 Å². The highest BCUT2D eigenvalue weighted by Crippen LogP contribution is 2.50. The summed E-state index contributed by atoms with van der Waals surface area (Å²) in [6.45, 7) is 1.24. The summed E-state index contributed by atoms with van der Waals surface area (Å²) in [5.41, 5.74) is 2.64. The van der Waals surface area contributed by atoms with Gasteiger partial charge in [0.05, 0.1) is 43.9 Å². The van der Waals surface area contributed by atoms with Crippen LogP contribution in [0.1, 0.15) is 27.0 Å². The Morgan fingerprint density at radius 3 is 2.46 bits per heavy atom. The maximum absolute atomic E-state index is 13.4. The van der Waals surface area contributed by atoms with Gasteiger partial charge in [-0.25, -0.2) is 4.79 Å². The van der Waals surface area contributed by atoms with Crippen molar-refractivity contribution in [2.75, 3.05) is 41.1 Å². The molecule has 0 N–H and O–H groups in total. The molecular formula is C24H25BrN2O8. The molecule has 2 aliphatic rings. The number of methoxy groups -OCH3 is 2. The summed E-state index contributed by atoms with van der Waals surface area (Å²) < 4.78 is 22.3. The van der Waals surface area contributed by atoms with Gasteiger partial charge in [-0.15, -0.1) is 0 Å². The first-order valence-corrected chi connectivity index (χ1v) is 10.6. The first-order valence-electron chi connectivity index (χ1n) is 10.6. The number of halogens is 1. The molecule has 0 aliphatic carbocycles. The Bertz CT molecular complexity index is 1200. The number of ether oxygens (including phenoxy) is 4. The van der Waals surface area contributed by atoms with Gasteiger partial charge in [0.1, 0.15) is 6.54 Å². The third-order valence-electron chi connectivity index (χ3n) is 6.15. The largest absolute Gasteiger partial charge is 1.00 e. The van der Waals surface area contributed by atoms with E-state index in [0.717, 1.165) is 11.1 Å². The number of quaternary nitrogens is 1. The standard InChI is InChI=1S/C24H25N2O8.BrH/c1-26(13-20(28)31-2)11-10-17-18(12-26)22(32-3)24-23(33-14-34-24)21(17)19(27)9-6-15-4-7-16(8-5-15)25(29)30;/h4-9H,10-14H2,1-3H3;1H/q+1;/p-1/b9-6+;. The molecule has 186 valence electrons. The van der Waals surface area contributed by atoms with Crippen molar-refractivity contribution in [3.63, 3.8) is 0 Å². The number of carbonyl (C=O) groups is 2. The average Bonchev–Trinajstić information content (AvgIpc) is 3.30. The number of nitrogens with zero attached hydrogens (tertiary/aromatic N) is 2. The van der Waals surface area contributed by atoms with E-state index < -0.39 is 4.92 Å². The third kappa shape index (κ3) is 5.15. The fourth-order valence-electron chi connectivity index (χ4n) is 4.43. The highest BCUT2D eigenvalue weighted by molar-refractivity contribution is 6.11. The van der Waals surface area contributed by atoms with E-state index in [0.29, 0.717) is 52.4 Å². The van der Waals surface area contributed by atoms with Crippen LogP contribution < -0.4 is 31.2 Å². The molecule has 2 aliphatic heterocycles. The Morgan fingerprint density at radius 1 is 1.14 bits per heavy atom. The van der Waals surface area contributed by atoms with Gasteiger partial charge in [0.2, 0.25) is 12.5 Å². The van der Waals surface area contributed by atoms with E-state index in [1.54, 1.807) is 18.2 Å². The number of allylic oxidation sites excluding steroid dienone is 1. The highest BCUT2D eigenvalue weighted by Gasteiger charge is 2.40. The van der Waals surface area contributed by atoms with Crippen molar-refractivity contribution >= 4 is 23.5 Å². The SMILES string of the molecule is COC(=O)C[N+]1(C)CCc2c(c(OC)c3c(c2C(=O)/C=C/c2ccc([N+](=O)[O-])cc2)OCO3)C1.[Br-]. The predicted octanol–water partition coefficient (Wildman–Crippen LogP) is -0.0921. The summed E-state index contributed by atoms with van der Waals surface area (Å²) in [5.74, 6) is 0.640. The van der Waals surface area contributed by atoms with Crippen molar-refractivity contribution in [3.05, 3.63) is 62.7 Å². The van der Waals surface area contributed by atoms with E-state index in [4.69, 9.17) is 18.9 Å². The zero-order chi connectivity index (χ0) is 24.5. The Kier molecular flexibility index (Phi) is 7.81. The fourth-order valence-corrected chi connectivity index (χ4v) is 4.43. The van der Waals surface area contributed by atoms with E-state index in [2.05, 4.69) is 0 Å². The van der Waals surface area contributed by atoms with E-state index in [1.807, 2.05) is 7.05 Å². The second kappa shape index (κ2) is 10.4. The van der Waals surface area contributed by atoms with E-state index in [9.17, 15) is 19.7 Å². The number of non-ortho nitro benzene ring substituents is 1. The second-order valence-electron chi connectivity index (χ2n) is 8.46. The zero-order valence-electron chi connectivity index (χ0n) is 19.5. The fraction of sp³-hybridized carbons (Fsp3) is 0.333. The summed E-state index contributed by atoms with van der Waals surface area (Å²) in [5, 5.41) is 10.9. The minimum Gasteiger partial charge on any atom is -1.00 e. The minimum atomic E-state index is -0.477. The quantitative estimate of drug-likeness (QED) is 0.118. The van der Waals surface area contributed by atoms with Gasteiger partial charge < -0.3 is 40.4 Å². The van der Waals surface area contributed by atoms with Crippen LogP contribution in [0.5, 0.6) is 17.2 Å². The van der Waals surface area contributed by atoms with Gasteiger partial charge >= 0.3 is 5.97 Å². The normalized spacial score (nSPS) is 17.9. The molecule has 0 amide bonds. The van der Waals surface area contributed by atoms with Gasteiger partial charge in [-0.05, 0) is 29.3 Å². The number of hydrogen-bond donors (Lipinski definition) is 0. The van der Waals surface area contributed by atoms with Crippen molar-refractivity contribution in [2.24, 2.45) is 0 Å². The van der Waals surface area contributed by atoms with Crippen molar-refractivity contribution in [1.29, 1.82) is 0 Å². The molecule has 0 aromatic heterocycles. The molecule has 1 unspecified atom stereocenters. The molecule has 10 nitrogen and oxygen atoms in total. The van der Waals surface area contributed by atoms with Gasteiger partial charge in [-0.2, -0.15) is 0 Å². The lowest BCUT2D eigenvalue weighted by Crippen LogP contribution is -3.00. The number of hydrogen-bond acceptors (Lipinski definition) is 8. The second-order valence-corrected chi connectivity index (χ2v) is 8.46. The van der Waals surface area contributed by atoms with Gasteiger partial charge in [0.15, 0.2) is 23.8 Å². The summed E-state index contributed by atoms with van der Waals surface area (Å²) in [6, 6.07) is 5.92. The van der Waals surface area contributed by atoms with Gasteiger partial charge in [0.25, 0.3) is 5.69 Å². The number of esters is 1. The molecular weight excluding hydrogens is 524 g/mol. The molecule has 2 heterocycles.